The Labute approximate surface area is 237 Å². The van der Waals surface area contributed by atoms with Crippen molar-refractivity contribution in [1.29, 1.82) is 0 Å². The summed E-state index contributed by atoms with van der Waals surface area (Å²) in [5.74, 6) is -1.92. The van der Waals surface area contributed by atoms with Gasteiger partial charge in [-0.2, -0.15) is 4.39 Å². The number of halogens is 2. The molecule has 2 heterocycles. The lowest BCUT2D eigenvalue weighted by molar-refractivity contribution is 0.0527. The minimum atomic E-state index is -2.66. The van der Waals surface area contributed by atoms with Gasteiger partial charge in [0.25, 0.3) is 0 Å². The normalized spacial score (nSPS) is 13.0. The van der Waals surface area contributed by atoms with Crippen molar-refractivity contribution in [3.05, 3.63) is 66.6 Å². The van der Waals surface area contributed by atoms with Crippen molar-refractivity contribution >= 4 is 33.0 Å². The Balaban J connectivity index is 1.44. The van der Waals surface area contributed by atoms with Crippen LogP contribution in [0.15, 0.2) is 64.2 Å². The number of anilines is 2. The second-order valence-electron chi connectivity index (χ2n) is 10.1. The number of fused-ring (bicyclic) bond motifs is 1. The summed E-state index contributed by atoms with van der Waals surface area (Å²) in [6, 6.07) is 9.68. The van der Waals surface area contributed by atoms with E-state index in [2.05, 4.69) is 25.0 Å². The summed E-state index contributed by atoms with van der Waals surface area (Å²) >= 11 is 0. The van der Waals surface area contributed by atoms with Crippen molar-refractivity contribution < 1.29 is 27.3 Å². The van der Waals surface area contributed by atoms with Crippen molar-refractivity contribution in [2.45, 2.75) is 37.7 Å². The maximum absolute atomic E-state index is 14.7. The number of amides is 1. The number of hydrogen-bond donors (Lipinski definition) is 2. The molecule has 0 radical (unpaired) electrons. The zero-order chi connectivity index (χ0) is 29.8. The molecule has 0 bridgehead atoms. The topological polar surface area (TPSA) is 119 Å². The van der Waals surface area contributed by atoms with Crippen LogP contribution in [0.2, 0.25) is 0 Å². The smallest absolute Gasteiger partial charge is 0.407 e. The van der Waals surface area contributed by atoms with E-state index in [4.69, 9.17) is 9.47 Å². The van der Waals surface area contributed by atoms with Gasteiger partial charge in [-0.15, -0.1) is 0 Å². The number of ether oxygens (including phenoxy) is 2. The maximum atomic E-state index is 14.7. The summed E-state index contributed by atoms with van der Waals surface area (Å²) in [7, 11) is -1.39. The number of imidazole rings is 1. The van der Waals surface area contributed by atoms with Crippen LogP contribution in [0.5, 0.6) is 5.75 Å². The first-order valence-electron chi connectivity index (χ1n) is 12.8. The third-order valence-corrected chi connectivity index (χ3v) is 7.69. The number of carbonyl (C=O) groups is 1. The van der Waals surface area contributed by atoms with Crippen LogP contribution in [0, 0.1) is 11.6 Å². The van der Waals surface area contributed by atoms with Gasteiger partial charge >= 0.3 is 6.09 Å². The van der Waals surface area contributed by atoms with Gasteiger partial charge in [-0.3, -0.25) is 4.40 Å². The molecule has 1 atom stereocenters. The Morgan fingerprint density at radius 1 is 1.10 bits per heavy atom. The summed E-state index contributed by atoms with van der Waals surface area (Å²) < 4.78 is 58.2. The predicted octanol–water partition coefficient (Wildman–Crippen LogP) is 5.80. The van der Waals surface area contributed by atoms with E-state index in [0.717, 1.165) is 0 Å². The van der Waals surface area contributed by atoms with Crippen LogP contribution in [0.1, 0.15) is 27.2 Å². The van der Waals surface area contributed by atoms with Crippen LogP contribution in [-0.2, 0) is 14.5 Å². The van der Waals surface area contributed by atoms with Crippen molar-refractivity contribution in [1.82, 2.24) is 19.7 Å². The standard InChI is InChI=1S/C28H32F2N6O4S/c1-28(2,3)40-27(37)32-13-6-14-34-41(5,38)19-9-7-18(8-10-19)35-25-26-33-17-21(36(26)16-15-31-25)20-11-12-22(39-4)24(30)23(20)29/h7-12,15-17H,6,13-14H2,1-5H3,(H,31,35)(H,32,37). The van der Waals surface area contributed by atoms with Gasteiger partial charge in [0, 0.05) is 41.3 Å². The van der Waals surface area contributed by atoms with Crippen LogP contribution < -0.4 is 15.4 Å². The van der Waals surface area contributed by atoms with Crippen LogP contribution >= 0.6 is 0 Å². The highest BCUT2D eigenvalue weighted by molar-refractivity contribution is 7.93. The van der Waals surface area contributed by atoms with E-state index in [1.807, 2.05) is 0 Å². The SMILES string of the molecule is COc1ccc(-c2cnc3c(Nc4ccc(S(C)(=O)=NCCCNC(=O)OC(C)(C)C)cc4)nccn23)c(F)c1F. The molecule has 2 N–H and O–H groups in total. The van der Waals surface area contributed by atoms with Crippen LogP contribution in [-0.4, -0.2) is 56.7 Å². The van der Waals surface area contributed by atoms with Crippen LogP contribution in [0.25, 0.3) is 16.9 Å². The van der Waals surface area contributed by atoms with E-state index in [-0.39, 0.29) is 11.3 Å². The number of carbonyl (C=O) groups excluding carboxylic acids is 1. The Bertz CT molecular complexity index is 1680. The molecule has 0 fully saturated rings. The highest BCUT2D eigenvalue weighted by Gasteiger charge is 2.19. The molecule has 41 heavy (non-hydrogen) atoms. The zero-order valence-corrected chi connectivity index (χ0v) is 24.2. The third kappa shape index (κ3) is 7.09. The molecule has 1 unspecified atom stereocenters. The van der Waals surface area contributed by atoms with Gasteiger partial charge in [0.2, 0.25) is 5.82 Å². The Morgan fingerprint density at radius 2 is 1.83 bits per heavy atom. The molecule has 0 aliphatic carbocycles. The monoisotopic (exact) mass is 586 g/mol. The molecule has 0 saturated heterocycles. The molecule has 0 aliphatic heterocycles. The molecule has 0 aliphatic rings. The summed E-state index contributed by atoms with van der Waals surface area (Å²) in [5.41, 5.74) is 0.843. The summed E-state index contributed by atoms with van der Waals surface area (Å²) in [5, 5.41) is 5.82. The van der Waals surface area contributed by atoms with E-state index in [1.165, 1.54) is 31.6 Å². The van der Waals surface area contributed by atoms with Crippen molar-refractivity contribution in [2.24, 2.45) is 4.36 Å². The van der Waals surface area contributed by atoms with Crippen LogP contribution in [0.3, 0.4) is 0 Å². The first-order valence-corrected chi connectivity index (χ1v) is 14.7. The molecule has 0 saturated carbocycles. The van der Waals surface area contributed by atoms with E-state index in [9.17, 15) is 17.8 Å². The number of aromatic nitrogens is 3. The highest BCUT2D eigenvalue weighted by Crippen LogP contribution is 2.31. The zero-order valence-electron chi connectivity index (χ0n) is 23.4. The second kappa shape index (κ2) is 12.1. The largest absolute Gasteiger partial charge is 0.494 e. The first-order chi connectivity index (χ1) is 19.4. The molecular weight excluding hydrogens is 554 g/mol. The summed E-state index contributed by atoms with van der Waals surface area (Å²) in [6.07, 6.45) is 6.13. The fraction of sp³-hybridized carbons (Fsp3) is 0.321. The van der Waals surface area contributed by atoms with Gasteiger partial charge in [-0.05, 0) is 63.6 Å². The number of methoxy groups -OCH3 is 1. The minimum Gasteiger partial charge on any atom is -0.494 e. The first kappa shape index (κ1) is 29.7. The number of benzene rings is 2. The second-order valence-corrected chi connectivity index (χ2v) is 12.5. The molecule has 2 aromatic carbocycles. The van der Waals surface area contributed by atoms with E-state index < -0.39 is 33.1 Å². The van der Waals surface area contributed by atoms with E-state index in [0.29, 0.717) is 47.3 Å². The molecule has 2 aromatic heterocycles. The van der Waals surface area contributed by atoms with Gasteiger partial charge in [-0.25, -0.2) is 27.7 Å². The average molecular weight is 587 g/mol. The molecule has 4 aromatic rings. The van der Waals surface area contributed by atoms with Gasteiger partial charge < -0.3 is 20.1 Å². The number of nitrogens with zero attached hydrogens (tertiary/aromatic N) is 4. The lowest BCUT2D eigenvalue weighted by Crippen LogP contribution is -2.33. The predicted molar refractivity (Wildman–Crippen MR) is 153 cm³/mol. The van der Waals surface area contributed by atoms with Crippen molar-refractivity contribution in [2.75, 3.05) is 31.8 Å². The highest BCUT2D eigenvalue weighted by atomic mass is 32.2. The molecule has 4 rings (SSSR count). The number of nitrogens with one attached hydrogen (secondary N) is 2. The molecule has 10 nitrogen and oxygen atoms in total. The molecule has 13 heteroatoms. The fourth-order valence-corrected chi connectivity index (χ4v) is 5.19. The number of alkyl carbamates (subject to hydrolysis) is 1. The van der Waals surface area contributed by atoms with Gasteiger partial charge in [0.1, 0.15) is 5.60 Å². The van der Waals surface area contributed by atoms with Crippen molar-refractivity contribution in [3.8, 4) is 17.0 Å². The lowest BCUT2D eigenvalue weighted by atomic mass is 10.1. The number of rotatable bonds is 9. The van der Waals surface area contributed by atoms with Gasteiger partial charge in [0.05, 0.1) is 35.3 Å². The molecular formula is C28H32F2N6O4S. The maximum Gasteiger partial charge on any atom is 0.407 e. The lowest BCUT2D eigenvalue weighted by Gasteiger charge is -2.19. The van der Waals surface area contributed by atoms with E-state index in [1.54, 1.807) is 61.9 Å². The number of hydrogen-bond acceptors (Lipinski definition) is 8. The molecule has 0 spiro atoms. The Hall–Kier alpha value is -4.26. The summed E-state index contributed by atoms with van der Waals surface area (Å²) in [6.45, 7) is 6.01. The van der Waals surface area contributed by atoms with E-state index >= 15 is 0 Å². The van der Waals surface area contributed by atoms with Gasteiger partial charge in [0.15, 0.2) is 23.0 Å². The fourth-order valence-electron chi connectivity index (χ4n) is 3.92. The van der Waals surface area contributed by atoms with Crippen LogP contribution in [0.4, 0.5) is 25.1 Å². The quantitative estimate of drug-likeness (QED) is 0.238. The summed E-state index contributed by atoms with van der Waals surface area (Å²) in [4.78, 5) is 21.0. The molecule has 1 amide bonds. The molecule has 218 valence electrons. The van der Waals surface area contributed by atoms with Crippen molar-refractivity contribution in [3.63, 3.8) is 0 Å². The average Bonchev–Trinajstić information content (AvgIpc) is 3.34. The minimum absolute atomic E-state index is 0.0272. The van der Waals surface area contributed by atoms with Gasteiger partial charge in [-0.1, -0.05) is 0 Å². The Kier molecular flexibility index (Phi) is 8.76. The third-order valence-electron chi connectivity index (χ3n) is 5.87. The Morgan fingerprint density at radius 3 is 2.51 bits per heavy atom.